The number of anilines is 1. The van der Waals surface area contributed by atoms with Crippen molar-refractivity contribution in [3.8, 4) is 0 Å². The highest BCUT2D eigenvalue weighted by Crippen LogP contribution is 2.20. The summed E-state index contributed by atoms with van der Waals surface area (Å²) in [4.78, 5) is 6.88. The monoisotopic (exact) mass is 237 g/mol. The minimum Gasteiger partial charge on any atom is -0.373 e. The normalized spacial score (nSPS) is 22.0. The van der Waals surface area contributed by atoms with E-state index in [0.717, 1.165) is 12.4 Å². The maximum absolute atomic E-state index is 4.34. The van der Waals surface area contributed by atoms with Gasteiger partial charge >= 0.3 is 0 Å². The molecule has 0 aromatic carbocycles. The molecule has 0 spiro atoms. The topological polar surface area (TPSA) is 28.2 Å². The zero-order chi connectivity index (χ0) is 11.4. The van der Waals surface area contributed by atoms with Crippen molar-refractivity contribution >= 4 is 17.6 Å². The molecule has 0 radical (unpaired) electrons. The molecular formula is C12H19N3S. The fourth-order valence-corrected chi connectivity index (χ4v) is 3.09. The van der Waals surface area contributed by atoms with E-state index < -0.39 is 0 Å². The number of thioether (sulfide) groups is 1. The second kappa shape index (κ2) is 5.55. The summed E-state index contributed by atoms with van der Waals surface area (Å²) in [6, 6.07) is 4.84. The van der Waals surface area contributed by atoms with Crippen LogP contribution in [0.15, 0.2) is 18.3 Å². The molecule has 16 heavy (non-hydrogen) atoms. The minimum atomic E-state index is 0.670. The van der Waals surface area contributed by atoms with Gasteiger partial charge in [-0.25, -0.2) is 4.98 Å². The molecule has 1 unspecified atom stereocenters. The maximum atomic E-state index is 4.34. The summed E-state index contributed by atoms with van der Waals surface area (Å²) in [7, 11) is 1.93. The number of hydrogen-bond donors (Lipinski definition) is 1. The van der Waals surface area contributed by atoms with Gasteiger partial charge in [0, 0.05) is 49.4 Å². The van der Waals surface area contributed by atoms with E-state index in [4.69, 9.17) is 0 Å². The molecule has 0 amide bonds. The van der Waals surface area contributed by atoms with Crippen molar-refractivity contribution in [1.29, 1.82) is 0 Å². The van der Waals surface area contributed by atoms with E-state index in [2.05, 4.69) is 40.0 Å². The van der Waals surface area contributed by atoms with Crippen LogP contribution in [0.3, 0.4) is 0 Å². The molecule has 2 rings (SSSR count). The van der Waals surface area contributed by atoms with Gasteiger partial charge in [0.25, 0.3) is 0 Å². The van der Waals surface area contributed by atoms with Crippen LogP contribution in [0.1, 0.15) is 12.5 Å². The molecule has 1 aromatic heterocycles. The summed E-state index contributed by atoms with van der Waals surface area (Å²) in [5.74, 6) is 3.50. The van der Waals surface area contributed by atoms with Gasteiger partial charge in [0.05, 0.1) is 0 Å². The molecule has 0 saturated carbocycles. The molecular weight excluding hydrogens is 218 g/mol. The van der Waals surface area contributed by atoms with Gasteiger partial charge in [0.1, 0.15) is 5.82 Å². The predicted molar refractivity (Wildman–Crippen MR) is 71.0 cm³/mol. The molecule has 1 saturated heterocycles. The van der Waals surface area contributed by atoms with Crippen molar-refractivity contribution in [1.82, 2.24) is 9.88 Å². The van der Waals surface area contributed by atoms with E-state index in [1.54, 1.807) is 0 Å². The van der Waals surface area contributed by atoms with Crippen molar-refractivity contribution < 1.29 is 0 Å². The van der Waals surface area contributed by atoms with E-state index in [1.807, 2.05) is 19.3 Å². The lowest BCUT2D eigenvalue weighted by atomic mass is 10.2. The summed E-state index contributed by atoms with van der Waals surface area (Å²) in [5.41, 5.74) is 1.30. The van der Waals surface area contributed by atoms with E-state index in [-0.39, 0.29) is 0 Å². The van der Waals surface area contributed by atoms with Gasteiger partial charge < -0.3 is 5.32 Å². The Morgan fingerprint density at radius 2 is 2.50 bits per heavy atom. The van der Waals surface area contributed by atoms with Gasteiger partial charge in [0.2, 0.25) is 0 Å². The Bertz CT molecular complexity index is 343. The van der Waals surface area contributed by atoms with Crippen molar-refractivity contribution in [2.45, 2.75) is 19.5 Å². The quantitative estimate of drug-likeness (QED) is 0.871. The zero-order valence-electron chi connectivity index (χ0n) is 9.94. The SMILES string of the molecule is CNc1ncccc1CN1CCSCC1C. The number of hydrogen-bond acceptors (Lipinski definition) is 4. The lowest BCUT2D eigenvalue weighted by molar-refractivity contribution is 0.224. The molecule has 1 N–H and O–H groups in total. The van der Waals surface area contributed by atoms with Crippen LogP contribution in [0.25, 0.3) is 0 Å². The summed E-state index contributed by atoms with van der Waals surface area (Å²) < 4.78 is 0. The summed E-state index contributed by atoms with van der Waals surface area (Å²) in [6.07, 6.45) is 1.84. The van der Waals surface area contributed by atoms with Crippen LogP contribution in [-0.2, 0) is 6.54 Å². The number of pyridine rings is 1. The first-order chi connectivity index (χ1) is 7.81. The molecule has 88 valence electrons. The van der Waals surface area contributed by atoms with Crippen LogP contribution in [0, 0.1) is 0 Å². The Morgan fingerprint density at radius 1 is 1.62 bits per heavy atom. The van der Waals surface area contributed by atoms with Crippen molar-refractivity contribution in [2.24, 2.45) is 0 Å². The van der Waals surface area contributed by atoms with E-state index >= 15 is 0 Å². The summed E-state index contributed by atoms with van der Waals surface area (Å²) in [5, 5.41) is 3.16. The molecule has 1 atom stereocenters. The van der Waals surface area contributed by atoms with Crippen LogP contribution >= 0.6 is 11.8 Å². The Kier molecular flexibility index (Phi) is 4.07. The van der Waals surface area contributed by atoms with Gasteiger partial charge in [-0.2, -0.15) is 11.8 Å². The van der Waals surface area contributed by atoms with Crippen molar-refractivity contribution in [3.63, 3.8) is 0 Å². The van der Waals surface area contributed by atoms with Crippen LogP contribution < -0.4 is 5.32 Å². The molecule has 1 aliphatic rings. The Labute approximate surface area is 102 Å². The molecule has 2 heterocycles. The van der Waals surface area contributed by atoms with Crippen LogP contribution in [0.5, 0.6) is 0 Å². The van der Waals surface area contributed by atoms with Gasteiger partial charge in [-0.05, 0) is 13.0 Å². The number of nitrogens with one attached hydrogen (secondary N) is 1. The first-order valence-electron chi connectivity index (χ1n) is 5.74. The van der Waals surface area contributed by atoms with E-state index in [0.29, 0.717) is 6.04 Å². The van der Waals surface area contributed by atoms with Crippen molar-refractivity contribution in [2.75, 3.05) is 30.4 Å². The molecule has 1 aromatic rings. The predicted octanol–water partition coefficient (Wildman–Crippen LogP) is 2.06. The number of rotatable bonds is 3. The minimum absolute atomic E-state index is 0.670. The Hall–Kier alpha value is -0.740. The first kappa shape index (κ1) is 11.7. The third-order valence-electron chi connectivity index (χ3n) is 3.01. The molecule has 0 aliphatic carbocycles. The lowest BCUT2D eigenvalue weighted by Crippen LogP contribution is -2.39. The lowest BCUT2D eigenvalue weighted by Gasteiger charge is -2.33. The molecule has 4 heteroatoms. The zero-order valence-corrected chi connectivity index (χ0v) is 10.8. The third kappa shape index (κ3) is 2.68. The molecule has 1 fully saturated rings. The summed E-state index contributed by atoms with van der Waals surface area (Å²) in [6.45, 7) is 4.50. The van der Waals surface area contributed by atoms with Gasteiger partial charge in [-0.15, -0.1) is 0 Å². The van der Waals surface area contributed by atoms with Crippen LogP contribution in [0.4, 0.5) is 5.82 Å². The average molecular weight is 237 g/mol. The van der Waals surface area contributed by atoms with E-state index in [1.165, 1.54) is 23.6 Å². The summed E-state index contributed by atoms with van der Waals surface area (Å²) >= 11 is 2.05. The van der Waals surface area contributed by atoms with Crippen LogP contribution in [0.2, 0.25) is 0 Å². The molecule has 3 nitrogen and oxygen atoms in total. The number of nitrogens with zero attached hydrogens (tertiary/aromatic N) is 2. The Balaban J connectivity index is 2.07. The fourth-order valence-electron chi connectivity index (χ4n) is 2.01. The standard InChI is InChI=1S/C12H19N3S/c1-10-9-16-7-6-15(10)8-11-4-3-5-14-12(11)13-2/h3-5,10H,6-9H2,1-2H3,(H,13,14). The average Bonchev–Trinajstić information content (AvgIpc) is 2.33. The molecule has 0 bridgehead atoms. The highest BCUT2D eigenvalue weighted by Gasteiger charge is 2.19. The highest BCUT2D eigenvalue weighted by molar-refractivity contribution is 7.99. The second-order valence-electron chi connectivity index (χ2n) is 4.16. The van der Waals surface area contributed by atoms with Gasteiger partial charge in [-0.3, -0.25) is 4.90 Å². The van der Waals surface area contributed by atoms with Crippen molar-refractivity contribution in [3.05, 3.63) is 23.9 Å². The fraction of sp³-hybridized carbons (Fsp3) is 0.583. The third-order valence-corrected chi connectivity index (χ3v) is 4.20. The number of aromatic nitrogens is 1. The Morgan fingerprint density at radius 3 is 3.25 bits per heavy atom. The van der Waals surface area contributed by atoms with Gasteiger partial charge in [0.15, 0.2) is 0 Å². The first-order valence-corrected chi connectivity index (χ1v) is 6.90. The van der Waals surface area contributed by atoms with Gasteiger partial charge in [-0.1, -0.05) is 6.07 Å². The highest BCUT2D eigenvalue weighted by atomic mass is 32.2. The van der Waals surface area contributed by atoms with Crippen LogP contribution in [-0.4, -0.2) is 41.0 Å². The second-order valence-corrected chi connectivity index (χ2v) is 5.31. The largest absolute Gasteiger partial charge is 0.373 e. The molecule has 1 aliphatic heterocycles. The smallest absolute Gasteiger partial charge is 0.130 e. The maximum Gasteiger partial charge on any atom is 0.130 e. The van der Waals surface area contributed by atoms with E-state index in [9.17, 15) is 0 Å².